The molecule has 0 amide bonds. The molecule has 2 unspecified atom stereocenters. The predicted molar refractivity (Wildman–Crippen MR) is 107 cm³/mol. The maximum Gasteiger partial charge on any atom is 0.120 e. The van der Waals surface area contributed by atoms with Crippen molar-refractivity contribution < 1.29 is 5.11 Å². The highest BCUT2D eigenvalue weighted by molar-refractivity contribution is 9.10. The van der Waals surface area contributed by atoms with E-state index in [-0.39, 0.29) is 18.0 Å². The van der Waals surface area contributed by atoms with Crippen molar-refractivity contribution in [3.05, 3.63) is 69.2 Å². The number of hydrogen-bond acceptors (Lipinski definition) is 3. The summed E-state index contributed by atoms with van der Waals surface area (Å²) in [6, 6.07) is 13.3. The van der Waals surface area contributed by atoms with Crippen molar-refractivity contribution in [3.63, 3.8) is 0 Å². The van der Waals surface area contributed by atoms with Crippen molar-refractivity contribution >= 4 is 33.2 Å². The van der Waals surface area contributed by atoms with Gasteiger partial charge in [0, 0.05) is 20.8 Å². The molecule has 0 saturated carbocycles. The average Bonchev–Trinajstić information content (AvgIpc) is 2.57. The molecule has 0 fully saturated rings. The lowest BCUT2D eigenvalue weighted by Gasteiger charge is -2.34. The Morgan fingerprint density at radius 1 is 1.16 bits per heavy atom. The number of rotatable bonds is 4. The molecule has 3 N–H and O–H groups in total. The van der Waals surface area contributed by atoms with Crippen molar-refractivity contribution in [1.29, 1.82) is 0 Å². The summed E-state index contributed by atoms with van der Waals surface area (Å²) < 4.78 is 0.947. The number of phenolic OH excluding ortho intramolecular Hbond substituents is 1. The smallest absolute Gasteiger partial charge is 0.120 e. The van der Waals surface area contributed by atoms with E-state index in [1.807, 2.05) is 36.4 Å². The van der Waals surface area contributed by atoms with Crippen molar-refractivity contribution in [1.82, 2.24) is 10.6 Å². The molecule has 25 heavy (non-hydrogen) atoms. The van der Waals surface area contributed by atoms with Crippen LogP contribution in [0.3, 0.4) is 0 Å². The van der Waals surface area contributed by atoms with Crippen LogP contribution in [0.15, 0.2) is 53.0 Å². The van der Waals surface area contributed by atoms with Crippen LogP contribution in [0, 0.1) is 5.92 Å². The molecule has 1 aliphatic rings. The van der Waals surface area contributed by atoms with Crippen molar-refractivity contribution in [3.8, 4) is 5.75 Å². The highest BCUT2D eigenvalue weighted by Crippen LogP contribution is 2.33. The summed E-state index contributed by atoms with van der Waals surface area (Å²) in [7, 11) is 0. The molecule has 0 aliphatic carbocycles. The lowest BCUT2D eigenvalue weighted by atomic mass is 9.97. The monoisotopic (exact) mass is 420 g/mol. The number of benzene rings is 2. The molecule has 0 radical (unpaired) electrons. The van der Waals surface area contributed by atoms with Crippen LogP contribution >= 0.6 is 27.5 Å². The SMILES string of the molecule is CC(C)CC1NC(c2ccc(Cl)cc2)=CC(c2cc(Br)ccc2O)N1. The van der Waals surface area contributed by atoms with Crippen LogP contribution in [0.4, 0.5) is 0 Å². The van der Waals surface area contributed by atoms with E-state index in [0.29, 0.717) is 5.92 Å². The van der Waals surface area contributed by atoms with Gasteiger partial charge in [-0.25, -0.2) is 0 Å². The highest BCUT2D eigenvalue weighted by atomic mass is 79.9. The third kappa shape index (κ3) is 4.57. The zero-order valence-electron chi connectivity index (χ0n) is 14.3. The lowest BCUT2D eigenvalue weighted by Crippen LogP contribution is -2.47. The van der Waals surface area contributed by atoms with Crippen molar-refractivity contribution in [2.45, 2.75) is 32.5 Å². The molecule has 1 heterocycles. The van der Waals surface area contributed by atoms with E-state index >= 15 is 0 Å². The average molecular weight is 422 g/mol. The normalized spacial score (nSPS) is 20.3. The molecule has 5 heteroatoms. The Morgan fingerprint density at radius 2 is 1.88 bits per heavy atom. The van der Waals surface area contributed by atoms with Gasteiger partial charge in [-0.05, 0) is 54.3 Å². The van der Waals surface area contributed by atoms with Crippen molar-refractivity contribution in [2.24, 2.45) is 5.92 Å². The number of phenols is 1. The van der Waals surface area contributed by atoms with E-state index < -0.39 is 0 Å². The summed E-state index contributed by atoms with van der Waals surface area (Å²) in [6.07, 6.45) is 3.22. The molecular formula is C20H22BrClN2O. The van der Waals surface area contributed by atoms with Gasteiger partial charge in [-0.2, -0.15) is 0 Å². The van der Waals surface area contributed by atoms with E-state index in [9.17, 15) is 5.11 Å². The molecule has 0 bridgehead atoms. The first-order valence-corrected chi connectivity index (χ1v) is 9.58. The standard InChI is InChI=1S/C20H22BrClN2O/c1-12(2)9-20-23-17(13-3-6-15(22)7-4-13)11-18(24-20)16-10-14(21)5-8-19(16)25/h3-8,10-12,18,20,23-25H,9H2,1-2H3. The summed E-state index contributed by atoms with van der Waals surface area (Å²) in [6.45, 7) is 4.41. The molecule has 2 aromatic rings. The first-order valence-electron chi connectivity index (χ1n) is 8.41. The fraction of sp³-hybridized carbons (Fsp3) is 0.300. The summed E-state index contributed by atoms with van der Waals surface area (Å²) in [5.41, 5.74) is 2.99. The molecule has 0 aromatic heterocycles. The van der Waals surface area contributed by atoms with E-state index in [0.717, 1.165) is 32.7 Å². The minimum absolute atomic E-state index is 0.0758. The summed E-state index contributed by atoms with van der Waals surface area (Å²) >= 11 is 9.52. The third-order valence-corrected chi connectivity index (χ3v) is 4.98. The van der Waals surface area contributed by atoms with E-state index in [2.05, 4.69) is 46.5 Å². The van der Waals surface area contributed by atoms with Gasteiger partial charge in [0.1, 0.15) is 5.75 Å². The van der Waals surface area contributed by atoms with Crippen LogP contribution < -0.4 is 10.6 Å². The number of halogens is 2. The fourth-order valence-electron chi connectivity index (χ4n) is 3.07. The molecule has 1 aliphatic heterocycles. The molecule has 0 spiro atoms. The van der Waals surface area contributed by atoms with Gasteiger partial charge in [-0.3, -0.25) is 5.32 Å². The quantitative estimate of drug-likeness (QED) is 0.614. The topological polar surface area (TPSA) is 44.3 Å². The van der Waals surface area contributed by atoms with Gasteiger partial charge < -0.3 is 10.4 Å². The Labute approximate surface area is 162 Å². The second kappa shape index (κ2) is 7.81. The van der Waals surface area contributed by atoms with Gasteiger partial charge in [-0.15, -0.1) is 0 Å². The molecule has 0 saturated heterocycles. The molecule has 2 atom stereocenters. The number of hydrogen-bond donors (Lipinski definition) is 3. The lowest BCUT2D eigenvalue weighted by molar-refractivity contribution is 0.356. The molecule has 2 aromatic carbocycles. The zero-order chi connectivity index (χ0) is 18.0. The Kier molecular flexibility index (Phi) is 5.72. The number of nitrogens with one attached hydrogen (secondary N) is 2. The fourth-order valence-corrected chi connectivity index (χ4v) is 3.58. The minimum atomic E-state index is -0.0758. The first-order chi connectivity index (χ1) is 11.9. The van der Waals surface area contributed by atoms with Crippen molar-refractivity contribution in [2.75, 3.05) is 0 Å². The molecule has 3 nitrogen and oxygen atoms in total. The van der Waals surface area contributed by atoms with Gasteiger partial charge >= 0.3 is 0 Å². The van der Waals surface area contributed by atoms with Gasteiger partial charge in [0.25, 0.3) is 0 Å². The summed E-state index contributed by atoms with van der Waals surface area (Å²) in [5, 5.41) is 18.2. The van der Waals surface area contributed by atoms with Crippen LogP contribution in [0.25, 0.3) is 5.70 Å². The van der Waals surface area contributed by atoms with Gasteiger partial charge in [0.2, 0.25) is 0 Å². The largest absolute Gasteiger partial charge is 0.508 e. The second-order valence-corrected chi connectivity index (χ2v) is 8.11. The maximum atomic E-state index is 10.3. The Hall–Kier alpha value is -1.49. The van der Waals surface area contributed by atoms with E-state index in [1.165, 1.54) is 0 Å². The van der Waals surface area contributed by atoms with E-state index in [4.69, 9.17) is 11.6 Å². The Morgan fingerprint density at radius 3 is 2.56 bits per heavy atom. The highest BCUT2D eigenvalue weighted by Gasteiger charge is 2.25. The Balaban J connectivity index is 1.98. The van der Waals surface area contributed by atoms with Crippen LogP contribution in [0.1, 0.15) is 37.4 Å². The molecule has 132 valence electrons. The van der Waals surface area contributed by atoms with Crippen LogP contribution in [0.2, 0.25) is 5.02 Å². The van der Waals surface area contributed by atoms with Crippen LogP contribution in [-0.2, 0) is 0 Å². The van der Waals surface area contributed by atoms with Crippen LogP contribution in [-0.4, -0.2) is 11.3 Å². The predicted octanol–water partition coefficient (Wildman–Crippen LogP) is 5.46. The summed E-state index contributed by atoms with van der Waals surface area (Å²) in [5.74, 6) is 0.837. The second-order valence-electron chi connectivity index (χ2n) is 6.76. The third-order valence-electron chi connectivity index (χ3n) is 4.23. The molecule has 3 rings (SSSR count). The Bertz CT molecular complexity index is 774. The first kappa shape index (κ1) is 18.3. The van der Waals surface area contributed by atoms with E-state index in [1.54, 1.807) is 6.07 Å². The summed E-state index contributed by atoms with van der Waals surface area (Å²) in [4.78, 5) is 0. The zero-order valence-corrected chi connectivity index (χ0v) is 16.6. The van der Waals surface area contributed by atoms with Gasteiger partial charge in [-0.1, -0.05) is 53.5 Å². The van der Waals surface area contributed by atoms with Crippen LogP contribution in [0.5, 0.6) is 5.75 Å². The number of aromatic hydroxyl groups is 1. The van der Waals surface area contributed by atoms with Gasteiger partial charge in [0.15, 0.2) is 0 Å². The minimum Gasteiger partial charge on any atom is -0.508 e. The maximum absolute atomic E-state index is 10.3. The van der Waals surface area contributed by atoms with Gasteiger partial charge in [0.05, 0.1) is 12.2 Å². The molecular weight excluding hydrogens is 400 g/mol.